The average molecular weight is 364 g/mol. The minimum absolute atomic E-state index is 0.0656. The Hall–Kier alpha value is -2.33. The van der Waals surface area contributed by atoms with Crippen LogP contribution in [0.1, 0.15) is 59.7 Å². The van der Waals surface area contributed by atoms with Crippen molar-refractivity contribution >= 4 is 5.91 Å². The van der Waals surface area contributed by atoms with E-state index in [2.05, 4.69) is 48.3 Å². The summed E-state index contributed by atoms with van der Waals surface area (Å²) in [5.74, 6) is 0.999. The van der Waals surface area contributed by atoms with Crippen molar-refractivity contribution in [3.05, 3.63) is 64.7 Å². The van der Waals surface area contributed by atoms with E-state index in [-0.39, 0.29) is 12.0 Å². The molecule has 2 aliphatic rings. The van der Waals surface area contributed by atoms with Crippen LogP contribution < -0.4 is 10.1 Å². The zero-order valence-corrected chi connectivity index (χ0v) is 16.2. The molecule has 0 aromatic heterocycles. The number of para-hydroxylation sites is 1. The highest BCUT2D eigenvalue weighted by Crippen LogP contribution is 2.40. The van der Waals surface area contributed by atoms with Gasteiger partial charge in [-0.05, 0) is 50.0 Å². The predicted octanol–water partition coefficient (Wildman–Crippen LogP) is 4.10. The van der Waals surface area contributed by atoms with Crippen LogP contribution in [-0.4, -0.2) is 30.0 Å². The van der Waals surface area contributed by atoms with E-state index >= 15 is 0 Å². The second-order valence-corrected chi connectivity index (χ2v) is 7.77. The van der Waals surface area contributed by atoms with Crippen LogP contribution in [0.4, 0.5) is 0 Å². The molecule has 4 heteroatoms. The molecule has 1 saturated heterocycles. The largest absolute Gasteiger partial charge is 0.489 e. The molecule has 0 bridgehead atoms. The summed E-state index contributed by atoms with van der Waals surface area (Å²) >= 11 is 0. The standard InChI is InChI=1S/C23H28N2O2/c1-16-17(2)27-22-20(16)10-7-11-21(22)23(26)24-14-18-8-3-4-9-19(18)15-25-12-5-6-13-25/h3-4,7-11,16-17H,5-6,12-15H2,1-2H3,(H,24,26)/t16-,17-/m1/s1. The average Bonchev–Trinajstić information content (AvgIpc) is 3.29. The van der Waals surface area contributed by atoms with Crippen molar-refractivity contribution in [3.63, 3.8) is 0 Å². The van der Waals surface area contributed by atoms with E-state index in [9.17, 15) is 4.79 Å². The molecule has 1 fully saturated rings. The molecule has 0 aliphatic carbocycles. The topological polar surface area (TPSA) is 41.6 Å². The number of ether oxygens (including phenoxy) is 1. The van der Waals surface area contributed by atoms with Crippen LogP contribution in [0.15, 0.2) is 42.5 Å². The van der Waals surface area contributed by atoms with Gasteiger partial charge in [-0.2, -0.15) is 0 Å². The first kappa shape index (κ1) is 18.1. The lowest BCUT2D eigenvalue weighted by molar-refractivity contribution is 0.0945. The Balaban J connectivity index is 1.47. The van der Waals surface area contributed by atoms with Gasteiger partial charge in [0.15, 0.2) is 0 Å². The van der Waals surface area contributed by atoms with E-state index in [1.165, 1.54) is 37.1 Å². The zero-order valence-electron chi connectivity index (χ0n) is 16.2. The molecule has 0 unspecified atom stereocenters. The van der Waals surface area contributed by atoms with Crippen molar-refractivity contribution in [2.75, 3.05) is 13.1 Å². The number of hydrogen-bond donors (Lipinski definition) is 1. The number of hydrogen-bond acceptors (Lipinski definition) is 3. The monoisotopic (exact) mass is 364 g/mol. The van der Waals surface area contributed by atoms with Crippen molar-refractivity contribution in [1.82, 2.24) is 10.2 Å². The first-order chi connectivity index (χ1) is 13.1. The summed E-state index contributed by atoms with van der Waals surface area (Å²) in [6.07, 6.45) is 2.68. The second kappa shape index (κ2) is 7.73. The van der Waals surface area contributed by atoms with Crippen molar-refractivity contribution in [1.29, 1.82) is 0 Å². The first-order valence-electron chi connectivity index (χ1n) is 10.0. The van der Waals surface area contributed by atoms with Crippen molar-refractivity contribution in [2.45, 2.75) is 51.8 Å². The molecule has 0 saturated carbocycles. The Morgan fingerprint density at radius 3 is 2.59 bits per heavy atom. The number of carbonyl (C=O) groups is 1. The fourth-order valence-corrected chi connectivity index (χ4v) is 4.10. The summed E-state index contributed by atoms with van der Waals surface area (Å²) in [4.78, 5) is 15.3. The molecule has 0 radical (unpaired) electrons. The second-order valence-electron chi connectivity index (χ2n) is 7.77. The summed E-state index contributed by atoms with van der Waals surface area (Å²) in [5.41, 5.74) is 4.26. The Bertz CT molecular complexity index is 827. The molecule has 0 spiro atoms. The van der Waals surface area contributed by atoms with Gasteiger partial charge in [0, 0.05) is 24.6 Å². The maximum atomic E-state index is 12.8. The highest BCUT2D eigenvalue weighted by Gasteiger charge is 2.31. The lowest BCUT2D eigenvalue weighted by atomic mass is 9.97. The Morgan fingerprint density at radius 1 is 1.07 bits per heavy atom. The molecule has 4 nitrogen and oxygen atoms in total. The van der Waals surface area contributed by atoms with E-state index in [1.54, 1.807) is 0 Å². The van der Waals surface area contributed by atoms with Crippen LogP contribution >= 0.6 is 0 Å². The van der Waals surface area contributed by atoms with Crippen LogP contribution in [0.25, 0.3) is 0 Å². The molecular formula is C23H28N2O2. The third-order valence-electron chi connectivity index (χ3n) is 5.94. The van der Waals surface area contributed by atoms with Gasteiger partial charge < -0.3 is 10.1 Å². The Morgan fingerprint density at radius 2 is 1.81 bits per heavy atom. The number of rotatable bonds is 5. The van der Waals surface area contributed by atoms with E-state index in [1.807, 2.05) is 18.2 Å². The van der Waals surface area contributed by atoms with Crippen LogP contribution in [0.5, 0.6) is 5.75 Å². The maximum Gasteiger partial charge on any atom is 0.255 e. The number of nitrogens with zero attached hydrogens (tertiary/aromatic N) is 1. The molecule has 2 aromatic rings. The molecule has 27 heavy (non-hydrogen) atoms. The van der Waals surface area contributed by atoms with Gasteiger partial charge in [0.2, 0.25) is 0 Å². The molecule has 2 aromatic carbocycles. The molecule has 4 rings (SSSR count). The van der Waals surface area contributed by atoms with Gasteiger partial charge in [-0.3, -0.25) is 9.69 Å². The van der Waals surface area contributed by atoms with Gasteiger partial charge in [0.1, 0.15) is 11.9 Å². The van der Waals surface area contributed by atoms with Gasteiger partial charge in [-0.1, -0.05) is 43.3 Å². The lowest BCUT2D eigenvalue weighted by Gasteiger charge is -2.18. The van der Waals surface area contributed by atoms with Gasteiger partial charge in [0.25, 0.3) is 5.91 Å². The van der Waals surface area contributed by atoms with Crippen LogP contribution in [0.2, 0.25) is 0 Å². The quantitative estimate of drug-likeness (QED) is 0.869. The van der Waals surface area contributed by atoms with Crippen molar-refractivity contribution in [3.8, 4) is 5.75 Å². The molecule has 2 atom stereocenters. The SMILES string of the molecule is C[C@H]1Oc2c(C(=O)NCc3ccccc3CN3CCCC3)cccc2[C@@H]1C. The molecule has 1 N–H and O–H groups in total. The summed E-state index contributed by atoms with van der Waals surface area (Å²) in [5, 5.41) is 3.10. The summed E-state index contributed by atoms with van der Waals surface area (Å²) in [6.45, 7) is 8.05. The van der Waals surface area contributed by atoms with E-state index in [0.717, 1.165) is 17.9 Å². The number of fused-ring (bicyclic) bond motifs is 1. The predicted molar refractivity (Wildman–Crippen MR) is 107 cm³/mol. The summed E-state index contributed by atoms with van der Waals surface area (Å²) < 4.78 is 5.97. The fourth-order valence-electron chi connectivity index (χ4n) is 4.10. The molecule has 1 amide bonds. The molecule has 2 aliphatic heterocycles. The van der Waals surface area contributed by atoms with Gasteiger partial charge in [-0.15, -0.1) is 0 Å². The smallest absolute Gasteiger partial charge is 0.255 e. The van der Waals surface area contributed by atoms with Gasteiger partial charge in [0.05, 0.1) is 5.56 Å². The van der Waals surface area contributed by atoms with Crippen molar-refractivity contribution in [2.24, 2.45) is 0 Å². The number of amides is 1. The first-order valence-corrected chi connectivity index (χ1v) is 10.0. The number of benzene rings is 2. The maximum absolute atomic E-state index is 12.8. The highest BCUT2D eigenvalue weighted by atomic mass is 16.5. The number of nitrogens with one attached hydrogen (secondary N) is 1. The minimum Gasteiger partial charge on any atom is -0.489 e. The summed E-state index contributed by atoms with van der Waals surface area (Å²) in [7, 11) is 0. The van der Waals surface area contributed by atoms with Gasteiger partial charge >= 0.3 is 0 Å². The minimum atomic E-state index is -0.0656. The normalized spacial score (nSPS) is 21.7. The van der Waals surface area contributed by atoms with Crippen LogP contribution in [0, 0.1) is 0 Å². The zero-order chi connectivity index (χ0) is 18.8. The van der Waals surface area contributed by atoms with Crippen LogP contribution in [0.3, 0.4) is 0 Å². The lowest BCUT2D eigenvalue weighted by Crippen LogP contribution is -2.25. The van der Waals surface area contributed by atoms with Crippen LogP contribution in [-0.2, 0) is 13.1 Å². The fraction of sp³-hybridized carbons (Fsp3) is 0.435. The number of likely N-dealkylation sites (tertiary alicyclic amines) is 1. The third-order valence-corrected chi connectivity index (χ3v) is 5.94. The Kier molecular flexibility index (Phi) is 5.17. The number of carbonyl (C=O) groups excluding carboxylic acids is 1. The molecule has 2 heterocycles. The van der Waals surface area contributed by atoms with Gasteiger partial charge in [-0.25, -0.2) is 0 Å². The van der Waals surface area contributed by atoms with E-state index in [4.69, 9.17) is 4.74 Å². The van der Waals surface area contributed by atoms with Crippen molar-refractivity contribution < 1.29 is 9.53 Å². The third kappa shape index (κ3) is 3.72. The molecule has 142 valence electrons. The molecular weight excluding hydrogens is 336 g/mol. The Labute approximate surface area is 161 Å². The summed E-state index contributed by atoms with van der Waals surface area (Å²) in [6, 6.07) is 14.3. The highest BCUT2D eigenvalue weighted by molar-refractivity contribution is 5.97. The van der Waals surface area contributed by atoms with E-state index in [0.29, 0.717) is 18.0 Å². The van der Waals surface area contributed by atoms with E-state index < -0.39 is 0 Å².